The lowest BCUT2D eigenvalue weighted by Crippen LogP contribution is -2.49. The van der Waals surface area contributed by atoms with Crippen molar-refractivity contribution in [2.75, 3.05) is 42.5 Å². The Morgan fingerprint density at radius 2 is 2.00 bits per heavy atom. The van der Waals surface area contributed by atoms with Gasteiger partial charge in [-0.05, 0) is 62.1 Å². The number of benzene rings is 1. The number of hydrogen-bond acceptors (Lipinski definition) is 6. The number of carbonyl (C=O) groups excluding carboxylic acids is 2. The summed E-state index contributed by atoms with van der Waals surface area (Å²) in [4.78, 5) is 30.7. The van der Waals surface area contributed by atoms with E-state index in [0.717, 1.165) is 17.5 Å². The molecule has 0 N–H and O–H groups in total. The molecule has 2 bridgehead atoms. The number of aryl methyl sites for hydroxylation is 1. The highest BCUT2D eigenvalue weighted by atomic mass is 19.1. The zero-order valence-corrected chi connectivity index (χ0v) is 20.7. The standard InChI is InChI=1S/C26H33FN6O3/c1-17-14-32(29-28-17)15-22-16-33(26(35)36-22)21-4-5-24(23(27)13-21)30-6-8-31(9-7-30)25(34)12-20-11-18-2-3-19(20)10-18/h4-5,13-14,18-20,22H,2-3,6-12,15-16H2,1H3/t18-,19+,20?,22+/m1/s1. The molecule has 0 radical (unpaired) electrons. The number of ether oxygens (including phenoxy) is 1. The van der Waals surface area contributed by atoms with Gasteiger partial charge in [-0.3, -0.25) is 9.69 Å². The molecule has 10 heteroatoms. The molecule has 36 heavy (non-hydrogen) atoms. The maximum atomic E-state index is 15.2. The number of fused-ring (bicyclic) bond motifs is 2. The van der Waals surface area contributed by atoms with Crippen LogP contribution >= 0.6 is 0 Å². The number of amides is 2. The van der Waals surface area contributed by atoms with Crippen LogP contribution in [-0.4, -0.2) is 70.7 Å². The summed E-state index contributed by atoms with van der Waals surface area (Å²) in [5.74, 6) is 2.05. The summed E-state index contributed by atoms with van der Waals surface area (Å²) in [6.07, 6.45) is 6.77. The lowest BCUT2D eigenvalue weighted by Gasteiger charge is -2.37. The molecule has 4 fully saturated rings. The molecule has 0 spiro atoms. The first-order valence-electron chi connectivity index (χ1n) is 13.1. The second kappa shape index (κ2) is 9.37. The molecule has 4 atom stereocenters. The summed E-state index contributed by atoms with van der Waals surface area (Å²) in [5, 5.41) is 7.95. The van der Waals surface area contributed by atoms with Crippen molar-refractivity contribution in [3.05, 3.63) is 35.9 Å². The highest BCUT2D eigenvalue weighted by Gasteiger charge is 2.41. The maximum absolute atomic E-state index is 15.2. The molecule has 1 unspecified atom stereocenters. The fraction of sp³-hybridized carbons (Fsp3) is 0.615. The molecule has 2 amide bonds. The number of cyclic esters (lactones) is 1. The molecule has 2 aliphatic heterocycles. The van der Waals surface area contributed by atoms with E-state index in [1.807, 2.05) is 16.7 Å². The quantitative estimate of drug-likeness (QED) is 0.611. The van der Waals surface area contributed by atoms with Crippen molar-refractivity contribution >= 4 is 23.4 Å². The number of carbonyl (C=O) groups is 2. The summed E-state index contributed by atoms with van der Waals surface area (Å²) in [6.45, 7) is 4.99. The van der Waals surface area contributed by atoms with Crippen molar-refractivity contribution in [1.82, 2.24) is 19.9 Å². The second-order valence-electron chi connectivity index (χ2n) is 10.8. The molecule has 6 rings (SSSR count). The minimum absolute atomic E-state index is 0.256. The lowest BCUT2D eigenvalue weighted by molar-refractivity contribution is -0.132. The minimum atomic E-state index is -0.494. The molecule has 2 aromatic rings. The summed E-state index contributed by atoms with van der Waals surface area (Å²) < 4.78 is 22.2. The van der Waals surface area contributed by atoms with Gasteiger partial charge < -0.3 is 14.5 Å². The molecular weight excluding hydrogens is 463 g/mol. The van der Waals surface area contributed by atoms with Gasteiger partial charge in [0, 0.05) is 38.8 Å². The first-order valence-corrected chi connectivity index (χ1v) is 13.1. The number of aromatic nitrogens is 3. The Bertz CT molecular complexity index is 1150. The zero-order valence-electron chi connectivity index (χ0n) is 20.7. The van der Waals surface area contributed by atoms with Crippen molar-refractivity contribution in [1.29, 1.82) is 0 Å². The lowest BCUT2D eigenvalue weighted by atomic mass is 9.86. The Morgan fingerprint density at radius 1 is 1.17 bits per heavy atom. The number of anilines is 2. The number of hydrogen-bond donors (Lipinski definition) is 0. The van der Waals surface area contributed by atoms with Gasteiger partial charge in [-0.2, -0.15) is 0 Å². The highest BCUT2D eigenvalue weighted by molar-refractivity contribution is 5.90. The molecule has 4 aliphatic rings. The topological polar surface area (TPSA) is 83.8 Å². The molecule has 2 saturated heterocycles. The third-order valence-corrected chi connectivity index (χ3v) is 8.46. The van der Waals surface area contributed by atoms with Crippen LogP contribution in [0.2, 0.25) is 0 Å². The number of rotatable bonds is 6. The van der Waals surface area contributed by atoms with E-state index in [-0.39, 0.29) is 17.8 Å². The van der Waals surface area contributed by atoms with Gasteiger partial charge in [0.15, 0.2) is 0 Å². The average molecular weight is 497 g/mol. The van der Waals surface area contributed by atoms with Crippen molar-refractivity contribution in [2.45, 2.75) is 51.7 Å². The third kappa shape index (κ3) is 4.53. The first-order chi connectivity index (χ1) is 17.4. The van der Waals surface area contributed by atoms with E-state index < -0.39 is 6.09 Å². The van der Waals surface area contributed by atoms with Crippen LogP contribution in [-0.2, 0) is 16.1 Å². The predicted octanol–water partition coefficient (Wildman–Crippen LogP) is 3.23. The van der Waals surface area contributed by atoms with Crippen molar-refractivity contribution in [3.8, 4) is 0 Å². The van der Waals surface area contributed by atoms with E-state index in [1.165, 1.54) is 36.6 Å². The SMILES string of the molecule is Cc1cn(C[C@H]2CN(c3ccc(N4CCN(C(=O)CC5C[C@@H]6CC[C@H]5C6)CC4)c(F)c3)C(=O)O2)nn1. The van der Waals surface area contributed by atoms with Crippen molar-refractivity contribution < 1.29 is 18.7 Å². The fourth-order valence-electron chi connectivity index (χ4n) is 6.62. The molecule has 2 aliphatic carbocycles. The van der Waals surface area contributed by atoms with Gasteiger partial charge in [0.2, 0.25) is 5.91 Å². The predicted molar refractivity (Wildman–Crippen MR) is 131 cm³/mol. The van der Waals surface area contributed by atoms with E-state index in [2.05, 4.69) is 10.3 Å². The van der Waals surface area contributed by atoms with E-state index >= 15 is 4.39 Å². The summed E-state index contributed by atoms with van der Waals surface area (Å²) in [7, 11) is 0. The molecule has 2 saturated carbocycles. The number of nitrogens with zero attached hydrogens (tertiary/aromatic N) is 6. The van der Waals surface area contributed by atoms with Gasteiger partial charge in [0.1, 0.15) is 11.9 Å². The monoisotopic (exact) mass is 496 g/mol. The van der Waals surface area contributed by atoms with E-state index in [9.17, 15) is 9.59 Å². The second-order valence-corrected chi connectivity index (χ2v) is 10.8. The van der Waals surface area contributed by atoms with E-state index in [1.54, 1.807) is 23.0 Å². The largest absolute Gasteiger partial charge is 0.442 e. The van der Waals surface area contributed by atoms with Crippen LogP contribution in [0.4, 0.5) is 20.6 Å². The van der Waals surface area contributed by atoms with Crippen LogP contribution in [0.3, 0.4) is 0 Å². The van der Waals surface area contributed by atoms with Gasteiger partial charge in [-0.15, -0.1) is 5.10 Å². The van der Waals surface area contributed by atoms with E-state index in [0.29, 0.717) is 63.0 Å². The minimum Gasteiger partial charge on any atom is -0.442 e. The molecule has 192 valence electrons. The molecular formula is C26H33FN6O3. The molecule has 3 heterocycles. The van der Waals surface area contributed by atoms with Crippen LogP contribution in [0.15, 0.2) is 24.4 Å². The van der Waals surface area contributed by atoms with Crippen LogP contribution in [0.5, 0.6) is 0 Å². The number of halogens is 1. The fourth-order valence-corrected chi connectivity index (χ4v) is 6.62. The van der Waals surface area contributed by atoms with Crippen molar-refractivity contribution in [3.63, 3.8) is 0 Å². The Morgan fingerprint density at radius 3 is 2.67 bits per heavy atom. The Balaban J connectivity index is 1.03. The highest BCUT2D eigenvalue weighted by Crippen LogP contribution is 2.49. The normalized spacial score (nSPS) is 27.7. The summed E-state index contributed by atoms with van der Waals surface area (Å²) in [5.41, 5.74) is 1.76. The third-order valence-electron chi connectivity index (χ3n) is 8.46. The van der Waals surface area contributed by atoms with Crippen LogP contribution in [0, 0.1) is 30.5 Å². The summed E-state index contributed by atoms with van der Waals surface area (Å²) in [6, 6.07) is 4.87. The van der Waals surface area contributed by atoms with Gasteiger partial charge in [0.05, 0.1) is 30.2 Å². The van der Waals surface area contributed by atoms with Gasteiger partial charge in [-0.1, -0.05) is 11.6 Å². The van der Waals surface area contributed by atoms with Gasteiger partial charge in [-0.25, -0.2) is 13.9 Å². The summed E-state index contributed by atoms with van der Waals surface area (Å²) >= 11 is 0. The molecule has 1 aromatic heterocycles. The molecule has 1 aromatic carbocycles. The zero-order chi connectivity index (χ0) is 24.8. The van der Waals surface area contributed by atoms with Gasteiger partial charge >= 0.3 is 6.09 Å². The maximum Gasteiger partial charge on any atom is 0.414 e. The van der Waals surface area contributed by atoms with Crippen LogP contribution < -0.4 is 9.80 Å². The van der Waals surface area contributed by atoms with Crippen LogP contribution in [0.25, 0.3) is 0 Å². The smallest absolute Gasteiger partial charge is 0.414 e. The van der Waals surface area contributed by atoms with Crippen molar-refractivity contribution in [2.24, 2.45) is 17.8 Å². The molecule has 9 nitrogen and oxygen atoms in total. The van der Waals surface area contributed by atoms with E-state index in [4.69, 9.17) is 4.74 Å². The first kappa shape index (κ1) is 23.2. The average Bonchev–Trinajstić information content (AvgIpc) is 3.65. The van der Waals surface area contributed by atoms with Gasteiger partial charge in [0.25, 0.3) is 0 Å². The Kier molecular flexibility index (Phi) is 6.05. The van der Waals surface area contributed by atoms with Crippen LogP contribution in [0.1, 0.15) is 37.8 Å². The Hall–Kier alpha value is -3.17. The Labute approximate surface area is 210 Å². The number of piperazine rings is 1.